The third kappa shape index (κ3) is 6.33. The summed E-state index contributed by atoms with van der Waals surface area (Å²) in [6.45, 7) is 2.85. The fourth-order valence-corrected chi connectivity index (χ4v) is 1.41. The number of aromatic carboxylic acids is 1. The summed E-state index contributed by atoms with van der Waals surface area (Å²) in [5.41, 5.74) is 0.149. The average molecular weight is 282 g/mol. The molecule has 0 saturated carbocycles. The van der Waals surface area contributed by atoms with Gasteiger partial charge in [-0.1, -0.05) is 5.92 Å². The zero-order valence-corrected chi connectivity index (χ0v) is 11.2. The van der Waals surface area contributed by atoms with Crippen molar-refractivity contribution in [3.63, 3.8) is 0 Å². The van der Waals surface area contributed by atoms with E-state index in [1.165, 1.54) is 16.9 Å². The molecule has 1 aromatic rings. The molecule has 0 unspecified atom stereocenters. The number of carboxylic acids is 1. The quantitative estimate of drug-likeness (QED) is 0.463. The summed E-state index contributed by atoms with van der Waals surface area (Å²) in [7, 11) is 0. The molecular formula is C13H18N2O5. The molecule has 0 aliphatic carbocycles. The molecule has 1 N–H and O–H groups in total. The van der Waals surface area contributed by atoms with E-state index >= 15 is 0 Å². The van der Waals surface area contributed by atoms with Gasteiger partial charge in [0.25, 0.3) is 0 Å². The van der Waals surface area contributed by atoms with Gasteiger partial charge < -0.3 is 19.3 Å². The number of carboxylic acid groups (broad SMARTS) is 1. The van der Waals surface area contributed by atoms with Crippen LogP contribution in [0, 0.1) is 12.3 Å². The molecule has 0 spiro atoms. The molecular weight excluding hydrogens is 264 g/mol. The van der Waals surface area contributed by atoms with Crippen molar-refractivity contribution in [2.45, 2.75) is 6.54 Å². The van der Waals surface area contributed by atoms with Crippen LogP contribution in [0.5, 0.6) is 0 Å². The van der Waals surface area contributed by atoms with Crippen LogP contribution in [-0.2, 0) is 20.8 Å². The van der Waals surface area contributed by atoms with E-state index in [0.29, 0.717) is 39.6 Å². The van der Waals surface area contributed by atoms with Crippen LogP contribution in [0.15, 0.2) is 12.3 Å². The number of terminal acetylenes is 1. The van der Waals surface area contributed by atoms with Gasteiger partial charge in [0.15, 0.2) is 0 Å². The summed E-state index contributed by atoms with van der Waals surface area (Å²) in [5.74, 6) is 1.36. The molecule has 1 rings (SSSR count). The predicted molar refractivity (Wildman–Crippen MR) is 70.5 cm³/mol. The normalized spacial score (nSPS) is 10.3. The van der Waals surface area contributed by atoms with Gasteiger partial charge in [-0.25, -0.2) is 4.79 Å². The molecule has 0 radical (unpaired) electrons. The van der Waals surface area contributed by atoms with Crippen LogP contribution < -0.4 is 0 Å². The van der Waals surface area contributed by atoms with Gasteiger partial charge in [0, 0.05) is 6.20 Å². The lowest BCUT2D eigenvalue weighted by Gasteiger charge is -2.07. The number of rotatable bonds is 11. The first-order valence-electron chi connectivity index (χ1n) is 6.17. The Morgan fingerprint density at radius 3 is 2.55 bits per heavy atom. The largest absolute Gasteiger partial charge is 0.477 e. The van der Waals surface area contributed by atoms with Gasteiger partial charge in [0.05, 0.1) is 39.6 Å². The van der Waals surface area contributed by atoms with Gasteiger partial charge in [-0.3, -0.25) is 4.68 Å². The molecule has 0 saturated heterocycles. The van der Waals surface area contributed by atoms with Crippen molar-refractivity contribution >= 4 is 5.97 Å². The number of carbonyl (C=O) groups is 1. The van der Waals surface area contributed by atoms with E-state index in [-0.39, 0.29) is 12.3 Å². The smallest absolute Gasteiger partial charge is 0.354 e. The van der Waals surface area contributed by atoms with E-state index < -0.39 is 5.97 Å². The average Bonchev–Trinajstić information content (AvgIpc) is 2.89. The highest BCUT2D eigenvalue weighted by atomic mass is 16.5. The topological polar surface area (TPSA) is 82.8 Å². The van der Waals surface area contributed by atoms with Crippen molar-refractivity contribution in [3.05, 3.63) is 18.0 Å². The molecule has 0 aliphatic rings. The van der Waals surface area contributed by atoms with Crippen LogP contribution >= 0.6 is 0 Å². The first-order valence-corrected chi connectivity index (χ1v) is 6.17. The Labute approximate surface area is 117 Å². The van der Waals surface area contributed by atoms with Crippen LogP contribution in [0.2, 0.25) is 0 Å². The summed E-state index contributed by atoms with van der Waals surface area (Å²) < 4.78 is 17.0. The summed E-state index contributed by atoms with van der Waals surface area (Å²) in [6.07, 6.45) is 6.46. The van der Waals surface area contributed by atoms with Crippen molar-refractivity contribution in [1.29, 1.82) is 0 Å². The molecule has 0 amide bonds. The van der Waals surface area contributed by atoms with Crippen molar-refractivity contribution in [2.24, 2.45) is 0 Å². The Morgan fingerprint density at radius 2 is 1.90 bits per heavy atom. The fourth-order valence-electron chi connectivity index (χ4n) is 1.41. The van der Waals surface area contributed by atoms with Gasteiger partial charge in [0.1, 0.15) is 12.3 Å². The summed E-state index contributed by atoms with van der Waals surface area (Å²) in [6, 6.07) is 1.45. The van der Waals surface area contributed by atoms with Crippen LogP contribution in [0.3, 0.4) is 0 Å². The zero-order valence-electron chi connectivity index (χ0n) is 11.2. The Bertz CT molecular complexity index is 438. The van der Waals surface area contributed by atoms with Gasteiger partial charge in [-0.2, -0.15) is 5.10 Å². The maximum absolute atomic E-state index is 10.8. The van der Waals surface area contributed by atoms with E-state index in [4.69, 9.17) is 25.7 Å². The van der Waals surface area contributed by atoms with Crippen LogP contribution in [-0.4, -0.2) is 60.5 Å². The van der Waals surface area contributed by atoms with E-state index in [1.807, 2.05) is 0 Å². The minimum absolute atomic E-state index is 0.149. The standard InChI is InChI=1S/C13H18N2O5/c1-2-6-18-8-10-20-11-9-19-7-5-15-12(13(16)17)3-4-14-15/h1,3-4H,5-11H2,(H,16,17). The highest BCUT2D eigenvalue weighted by Crippen LogP contribution is 1.98. The first-order chi connectivity index (χ1) is 9.75. The van der Waals surface area contributed by atoms with Crippen LogP contribution in [0.25, 0.3) is 0 Å². The minimum Gasteiger partial charge on any atom is -0.477 e. The van der Waals surface area contributed by atoms with Crippen molar-refractivity contribution in [3.8, 4) is 12.3 Å². The van der Waals surface area contributed by atoms with E-state index in [1.54, 1.807) is 0 Å². The Balaban J connectivity index is 1.98. The lowest BCUT2D eigenvalue weighted by Crippen LogP contribution is -2.15. The highest BCUT2D eigenvalue weighted by molar-refractivity contribution is 5.85. The Morgan fingerprint density at radius 1 is 1.25 bits per heavy atom. The van der Waals surface area contributed by atoms with Gasteiger partial charge >= 0.3 is 5.97 Å². The number of nitrogens with zero attached hydrogens (tertiary/aromatic N) is 2. The van der Waals surface area contributed by atoms with Crippen molar-refractivity contribution in [1.82, 2.24) is 9.78 Å². The van der Waals surface area contributed by atoms with Crippen LogP contribution in [0.4, 0.5) is 0 Å². The van der Waals surface area contributed by atoms with Gasteiger partial charge in [-0.05, 0) is 6.07 Å². The number of hydrogen-bond acceptors (Lipinski definition) is 5. The van der Waals surface area contributed by atoms with Gasteiger partial charge in [0.2, 0.25) is 0 Å². The molecule has 0 atom stereocenters. The van der Waals surface area contributed by atoms with E-state index in [0.717, 1.165) is 0 Å². The van der Waals surface area contributed by atoms with E-state index in [2.05, 4.69) is 11.0 Å². The highest BCUT2D eigenvalue weighted by Gasteiger charge is 2.09. The monoisotopic (exact) mass is 282 g/mol. The Hall–Kier alpha value is -1.88. The maximum Gasteiger partial charge on any atom is 0.354 e. The van der Waals surface area contributed by atoms with Gasteiger partial charge in [-0.15, -0.1) is 6.42 Å². The maximum atomic E-state index is 10.8. The number of hydrogen-bond donors (Lipinski definition) is 1. The molecule has 0 aromatic carbocycles. The predicted octanol–water partition coefficient (Wildman–Crippen LogP) is 0.264. The van der Waals surface area contributed by atoms with Crippen molar-refractivity contribution in [2.75, 3.05) is 39.6 Å². The molecule has 0 fully saturated rings. The molecule has 20 heavy (non-hydrogen) atoms. The molecule has 0 aliphatic heterocycles. The SMILES string of the molecule is C#CCOCCOCCOCCn1nccc1C(=O)O. The fraction of sp³-hybridized carbons (Fsp3) is 0.538. The molecule has 110 valence electrons. The molecule has 1 aromatic heterocycles. The van der Waals surface area contributed by atoms with Crippen molar-refractivity contribution < 1.29 is 24.1 Å². The Kier molecular flexibility index (Phi) is 8.07. The third-order valence-electron chi connectivity index (χ3n) is 2.31. The second-order valence-electron chi connectivity index (χ2n) is 3.73. The number of ether oxygens (including phenoxy) is 3. The first kappa shape index (κ1) is 16.2. The van der Waals surface area contributed by atoms with Crippen LogP contribution in [0.1, 0.15) is 10.5 Å². The molecule has 1 heterocycles. The number of aromatic nitrogens is 2. The molecule has 7 heteroatoms. The zero-order chi connectivity index (χ0) is 14.6. The molecule has 0 bridgehead atoms. The summed E-state index contributed by atoms with van der Waals surface area (Å²) in [5, 5.41) is 12.8. The second-order valence-corrected chi connectivity index (χ2v) is 3.73. The second kappa shape index (κ2) is 9.97. The lowest BCUT2D eigenvalue weighted by atomic mass is 10.4. The summed E-state index contributed by atoms with van der Waals surface area (Å²) >= 11 is 0. The molecule has 7 nitrogen and oxygen atoms in total. The summed E-state index contributed by atoms with van der Waals surface area (Å²) in [4.78, 5) is 10.8. The van der Waals surface area contributed by atoms with E-state index in [9.17, 15) is 4.79 Å². The third-order valence-corrected chi connectivity index (χ3v) is 2.31. The minimum atomic E-state index is -1.00. The lowest BCUT2D eigenvalue weighted by molar-refractivity contribution is 0.0180.